The highest BCUT2D eigenvalue weighted by molar-refractivity contribution is 6.30. The van der Waals surface area contributed by atoms with Crippen molar-refractivity contribution >= 4 is 17.6 Å². The predicted molar refractivity (Wildman–Crippen MR) is 56.8 cm³/mol. The molecule has 0 atom stereocenters. The highest BCUT2D eigenvalue weighted by atomic mass is 35.5. The fourth-order valence-electron chi connectivity index (χ4n) is 1.13. The molecule has 0 saturated heterocycles. The van der Waals surface area contributed by atoms with Crippen molar-refractivity contribution in [2.24, 2.45) is 0 Å². The van der Waals surface area contributed by atoms with E-state index in [0.717, 1.165) is 12.0 Å². The molecule has 0 bridgehead atoms. The fourth-order valence-corrected chi connectivity index (χ4v) is 1.36. The summed E-state index contributed by atoms with van der Waals surface area (Å²) in [7, 11) is 0. The number of ether oxygens (including phenoxy) is 1. The van der Waals surface area contributed by atoms with Crippen LogP contribution in [0.2, 0.25) is 5.02 Å². The minimum atomic E-state index is -0.277. The maximum absolute atomic E-state index is 11.5. The van der Waals surface area contributed by atoms with Gasteiger partial charge in [-0.15, -0.1) is 0 Å². The SMILES string of the molecule is CCCOC(=O)c1ccc(Cl)cc1C. The van der Waals surface area contributed by atoms with Crippen LogP contribution in [-0.4, -0.2) is 12.6 Å². The largest absolute Gasteiger partial charge is 0.462 e. The first-order valence-corrected chi connectivity index (χ1v) is 4.96. The molecule has 0 unspecified atom stereocenters. The van der Waals surface area contributed by atoms with Crippen LogP contribution in [0.3, 0.4) is 0 Å². The average Bonchev–Trinajstić information content (AvgIpc) is 2.14. The van der Waals surface area contributed by atoms with E-state index in [1.807, 2.05) is 13.8 Å². The minimum Gasteiger partial charge on any atom is -0.462 e. The van der Waals surface area contributed by atoms with Crippen molar-refractivity contribution in [1.82, 2.24) is 0 Å². The molecule has 0 aliphatic rings. The molecule has 1 rings (SSSR count). The number of aryl methyl sites for hydroxylation is 1. The van der Waals surface area contributed by atoms with Crippen molar-refractivity contribution in [1.29, 1.82) is 0 Å². The third kappa shape index (κ3) is 2.74. The van der Waals surface area contributed by atoms with Gasteiger partial charge >= 0.3 is 5.97 Å². The van der Waals surface area contributed by atoms with Gasteiger partial charge in [-0.1, -0.05) is 18.5 Å². The Morgan fingerprint density at radius 3 is 2.79 bits per heavy atom. The predicted octanol–water partition coefficient (Wildman–Crippen LogP) is 3.22. The Labute approximate surface area is 88.8 Å². The second-order valence-electron chi connectivity index (χ2n) is 3.10. The van der Waals surface area contributed by atoms with Crippen molar-refractivity contribution < 1.29 is 9.53 Å². The standard InChI is InChI=1S/C11H13ClO2/c1-3-6-14-11(13)10-5-4-9(12)7-8(10)2/h4-5,7H,3,6H2,1-2H3. The molecule has 0 saturated carbocycles. The number of rotatable bonds is 3. The molecule has 14 heavy (non-hydrogen) atoms. The molecular weight excluding hydrogens is 200 g/mol. The number of esters is 1. The summed E-state index contributed by atoms with van der Waals surface area (Å²) in [5, 5.41) is 0.634. The van der Waals surface area contributed by atoms with Gasteiger partial charge in [-0.3, -0.25) is 0 Å². The molecule has 76 valence electrons. The molecule has 0 aliphatic carbocycles. The Morgan fingerprint density at radius 2 is 2.21 bits per heavy atom. The van der Waals surface area contributed by atoms with E-state index in [1.165, 1.54) is 0 Å². The van der Waals surface area contributed by atoms with Gasteiger partial charge in [0.1, 0.15) is 0 Å². The number of carbonyl (C=O) groups excluding carboxylic acids is 1. The highest BCUT2D eigenvalue weighted by Gasteiger charge is 2.09. The van der Waals surface area contributed by atoms with Crippen LogP contribution in [0, 0.1) is 6.92 Å². The van der Waals surface area contributed by atoms with E-state index in [-0.39, 0.29) is 5.97 Å². The topological polar surface area (TPSA) is 26.3 Å². The van der Waals surface area contributed by atoms with Crippen LogP contribution >= 0.6 is 11.6 Å². The van der Waals surface area contributed by atoms with Crippen LogP contribution in [0.15, 0.2) is 18.2 Å². The number of hydrogen-bond donors (Lipinski definition) is 0. The lowest BCUT2D eigenvalue weighted by Crippen LogP contribution is -2.07. The molecule has 0 amide bonds. The molecule has 0 radical (unpaired) electrons. The molecule has 0 N–H and O–H groups in total. The zero-order chi connectivity index (χ0) is 10.6. The number of carbonyl (C=O) groups is 1. The third-order valence-electron chi connectivity index (χ3n) is 1.85. The van der Waals surface area contributed by atoms with Gasteiger partial charge in [-0.25, -0.2) is 4.79 Å². The van der Waals surface area contributed by atoms with Crippen molar-refractivity contribution in [2.75, 3.05) is 6.61 Å². The Morgan fingerprint density at radius 1 is 1.50 bits per heavy atom. The van der Waals surface area contributed by atoms with E-state index >= 15 is 0 Å². The zero-order valence-electron chi connectivity index (χ0n) is 8.34. The molecule has 0 aromatic heterocycles. The molecular formula is C11H13ClO2. The summed E-state index contributed by atoms with van der Waals surface area (Å²) in [5.41, 5.74) is 1.43. The Bertz CT molecular complexity index is 334. The van der Waals surface area contributed by atoms with E-state index in [2.05, 4.69) is 0 Å². The molecule has 3 heteroatoms. The van der Waals surface area contributed by atoms with Crippen LogP contribution in [0.1, 0.15) is 29.3 Å². The van der Waals surface area contributed by atoms with Gasteiger partial charge in [0.2, 0.25) is 0 Å². The van der Waals surface area contributed by atoms with E-state index in [4.69, 9.17) is 16.3 Å². The van der Waals surface area contributed by atoms with Crippen molar-refractivity contribution in [3.8, 4) is 0 Å². The Balaban J connectivity index is 2.80. The van der Waals surface area contributed by atoms with Gasteiger partial charge in [0, 0.05) is 5.02 Å². The van der Waals surface area contributed by atoms with Crippen LogP contribution in [-0.2, 0) is 4.74 Å². The molecule has 0 fully saturated rings. The normalized spacial score (nSPS) is 9.93. The highest BCUT2D eigenvalue weighted by Crippen LogP contribution is 2.15. The lowest BCUT2D eigenvalue weighted by atomic mass is 10.1. The summed E-state index contributed by atoms with van der Waals surface area (Å²) in [6.45, 7) is 4.26. The van der Waals surface area contributed by atoms with Gasteiger partial charge < -0.3 is 4.74 Å². The van der Waals surface area contributed by atoms with E-state index in [9.17, 15) is 4.79 Å². The quantitative estimate of drug-likeness (QED) is 0.720. The summed E-state index contributed by atoms with van der Waals surface area (Å²) in [5.74, 6) is -0.277. The first-order chi connectivity index (χ1) is 6.65. The van der Waals surface area contributed by atoms with Gasteiger partial charge in [0.25, 0.3) is 0 Å². The molecule has 1 aromatic carbocycles. The van der Waals surface area contributed by atoms with Crippen LogP contribution < -0.4 is 0 Å². The lowest BCUT2D eigenvalue weighted by molar-refractivity contribution is 0.0504. The summed E-state index contributed by atoms with van der Waals surface area (Å²) in [6.07, 6.45) is 0.832. The zero-order valence-corrected chi connectivity index (χ0v) is 9.10. The first-order valence-electron chi connectivity index (χ1n) is 4.58. The number of hydrogen-bond acceptors (Lipinski definition) is 2. The number of benzene rings is 1. The van der Waals surface area contributed by atoms with Crippen LogP contribution in [0.4, 0.5) is 0 Å². The second-order valence-corrected chi connectivity index (χ2v) is 3.53. The van der Waals surface area contributed by atoms with Gasteiger partial charge in [0.05, 0.1) is 12.2 Å². The summed E-state index contributed by atoms with van der Waals surface area (Å²) >= 11 is 5.77. The van der Waals surface area contributed by atoms with Crippen molar-refractivity contribution in [3.63, 3.8) is 0 Å². The molecule has 0 spiro atoms. The van der Waals surface area contributed by atoms with Crippen molar-refractivity contribution in [2.45, 2.75) is 20.3 Å². The summed E-state index contributed by atoms with van der Waals surface area (Å²) in [4.78, 5) is 11.5. The molecule has 0 heterocycles. The van der Waals surface area contributed by atoms with E-state index in [0.29, 0.717) is 17.2 Å². The minimum absolute atomic E-state index is 0.277. The third-order valence-corrected chi connectivity index (χ3v) is 2.08. The lowest BCUT2D eigenvalue weighted by Gasteiger charge is -2.05. The maximum atomic E-state index is 11.5. The van der Waals surface area contributed by atoms with Gasteiger partial charge in [-0.05, 0) is 37.1 Å². The van der Waals surface area contributed by atoms with Crippen LogP contribution in [0.5, 0.6) is 0 Å². The molecule has 1 aromatic rings. The van der Waals surface area contributed by atoms with Gasteiger partial charge in [0.15, 0.2) is 0 Å². The summed E-state index contributed by atoms with van der Waals surface area (Å²) < 4.78 is 5.02. The van der Waals surface area contributed by atoms with E-state index in [1.54, 1.807) is 18.2 Å². The Kier molecular flexibility index (Phi) is 3.96. The monoisotopic (exact) mass is 212 g/mol. The smallest absolute Gasteiger partial charge is 0.338 e. The van der Waals surface area contributed by atoms with Crippen LogP contribution in [0.25, 0.3) is 0 Å². The molecule has 0 aliphatic heterocycles. The number of halogens is 1. The van der Waals surface area contributed by atoms with Gasteiger partial charge in [-0.2, -0.15) is 0 Å². The fraction of sp³-hybridized carbons (Fsp3) is 0.364. The first kappa shape index (κ1) is 11.1. The maximum Gasteiger partial charge on any atom is 0.338 e. The second kappa shape index (κ2) is 5.01. The van der Waals surface area contributed by atoms with E-state index < -0.39 is 0 Å². The summed E-state index contributed by atoms with van der Waals surface area (Å²) in [6, 6.07) is 5.14. The Hall–Kier alpha value is -1.02. The average molecular weight is 213 g/mol. The molecule has 2 nitrogen and oxygen atoms in total. The van der Waals surface area contributed by atoms with Crippen molar-refractivity contribution in [3.05, 3.63) is 34.3 Å².